The molecule has 124 valence electrons. The van der Waals surface area contributed by atoms with Crippen LogP contribution in [0.2, 0.25) is 0 Å². The van der Waals surface area contributed by atoms with Gasteiger partial charge in [-0.2, -0.15) is 0 Å². The molecule has 0 heterocycles. The highest BCUT2D eigenvalue weighted by Gasteiger charge is 2.20. The van der Waals surface area contributed by atoms with E-state index in [2.05, 4.69) is 15.5 Å². The molecule has 24 heavy (non-hydrogen) atoms. The average molecular weight is 325 g/mol. The van der Waals surface area contributed by atoms with Crippen LogP contribution in [0.25, 0.3) is 0 Å². The van der Waals surface area contributed by atoms with Gasteiger partial charge >= 0.3 is 12.0 Å². The molecule has 0 aliphatic carbocycles. The van der Waals surface area contributed by atoms with Crippen molar-refractivity contribution in [3.05, 3.63) is 65.2 Å². The summed E-state index contributed by atoms with van der Waals surface area (Å²) < 4.78 is 0. The standard InChI is InChI=1S/C18H19N3O3/c1-12-8-9-13(2)15(10-12)20-21-18(24)19-16(17(22)23)11-14-6-4-3-5-7-14/h3-10,16H,11H2,1-2H3,(H,19,24)(H,22,23). The van der Waals surface area contributed by atoms with E-state index in [-0.39, 0.29) is 6.42 Å². The number of nitrogens with zero attached hydrogens (tertiary/aromatic N) is 2. The first-order chi connectivity index (χ1) is 11.5. The molecular weight excluding hydrogens is 306 g/mol. The maximum Gasteiger partial charge on any atom is 0.360 e. The van der Waals surface area contributed by atoms with Gasteiger partial charge in [0.2, 0.25) is 0 Å². The minimum atomic E-state index is -1.12. The topological polar surface area (TPSA) is 91.1 Å². The predicted molar refractivity (Wildman–Crippen MR) is 90.5 cm³/mol. The van der Waals surface area contributed by atoms with Gasteiger partial charge in [-0.25, -0.2) is 9.59 Å². The summed E-state index contributed by atoms with van der Waals surface area (Å²) >= 11 is 0. The van der Waals surface area contributed by atoms with Crippen LogP contribution in [0, 0.1) is 13.8 Å². The summed E-state index contributed by atoms with van der Waals surface area (Å²) in [4.78, 5) is 23.2. The Morgan fingerprint density at radius 3 is 2.50 bits per heavy atom. The Bertz CT molecular complexity index is 757. The molecule has 1 atom stereocenters. The number of urea groups is 1. The third kappa shape index (κ3) is 5.01. The summed E-state index contributed by atoms with van der Waals surface area (Å²) in [5, 5.41) is 19.1. The summed E-state index contributed by atoms with van der Waals surface area (Å²) in [6, 6.07) is 12.9. The fourth-order valence-electron chi connectivity index (χ4n) is 2.15. The largest absolute Gasteiger partial charge is 0.480 e. The zero-order valence-electron chi connectivity index (χ0n) is 13.6. The second kappa shape index (κ2) is 8.01. The number of benzene rings is 2. The molecule has 0 saturated heterocycles. The number of rotatable bonds is 5. The van der Waals surface area contributed by atoms with Crippen LogP contribution >= 0.6 is 0 Å². The number of azo groups is 1. The van der Waals surface area contributed by atoms with Crippen molar-refractivity contribution in [3.63, 3.8) is 0 Å². The highest BCUT2D eigenvalue weighted by molar-refractivity contribution is 5.83. The Morgan fingerprint density at radius 2 is 1.83 bits per heavy atom. The van der Waals surface area contributed by atoms with E-state index in [4.69, 9.17) is 0 Å². The minimum absolute atomic E-state index is 0.181. The van der Waals surface area contributed by atoms with E-state index >= 15 is 0 Å². The van der Waals surface area contributed by atoms with Crippen LogP contribution in [0.3, 0.4) is 0 Å². The van der Waals surface area contributed by atoms with E-state index < -0.39 is 18.0 Å². The van der Waals surface area contributed by atoms with Crippen LogP contribution in [0.15, 0.2) is 58.8 Å². The van der Waals surface area contributed by atoms with E-state index in [1.165, 1.54) is 0 Å². The Labute approximate surface area is 140 Å². The molecule has 0 spiro atoms. The number of carbonyl (C=O) groups is 2. The van der Waals surface area contributed by atoms with Gasteiger partial charge in [0.25, 0.3) is 0 Å². The summed E-state index contributed by atoms with van der Waals surface area (Å²) in [5.74, 6) is -1.12. The molecule has 2 aromatic carbocycles. The maximum absolute atomic E-state index is 11.9. The summed E-state index contributed by atoms with van der Waals surface area (Å²) in [5.41, 5.74) is 3.29. The molecule has 0 saturated carbocycles. The molecule has 2 aromatic rings. The van der Waals surface area contributed by atoms with Crippen LogP contribution in [-0.4, -0.2) is 23.1 Å². The molecule has 2 N–H and O–H groups in total. The Morgan fingerprint density at radius 1 is 1.12 bits per heavy atom. The Hall–Kier alpha value is -3.02. The number of carboxylic acids is 1. The van der Waals surface area contributed by atoms with Crippen LogP contribution in [-0.2, 0) is 11.2 Å². The molecule has 2 rings (SSSR count). The van der Waals surface area contributed by atoms with Crippen molar-refractivity contribution in [2.24, 2.45) is 10.2 Å². The number of aryl methyl sites for hydroxylation is 2. The van der Waals surface area contributed by atoms with Crippen LogP contribution in [0.1, 0.15) is 16.7 Å². The van der Waals surface area contributed by atoms with Crippen LogP contribution < -0.4 is 5.32 Å². The van der Waals surface area contributed by atoms with E-state index in [0.29, 0.717) is 5.69 Å². The zero-order chi connectivity index (χ0) is 17.5. The van der Waals surface area contributed by atoms with Crippen LogP contribution in [0.5, 0.6) is 0 Å². The normalized spacial score (nSPS) is 12.1. The molecule has 6 heteroatoms. The molecular formula is C18H19N3O3. The Kier molecular flexibility index (Phi) is 5.78. The second-order valence-corrected chi connectivity index (χ2v) is 5.52. The first-order valence-electron chi connectivity index (χ1n) is 7.52. The highest BCUT2D eigenvalue weighted by atomic mass is 16.4. The average Bonchev–Trinajstić information content (AvgIpc) is 2.56. The third-order valence-corrected chi connectivity index (χ3v) is 3.49. The molecule has 0 fully saturated rings. The van der Waals surface area contributed by atoms with Crippen molar-refractivity contribution in [3.8, 4) is 0 Å². The molecule has 6 nitrogen and oxygen atoms in total. The minimum Gasteiger partial charge on any atom is -0.480 e. The van der Waals surface area contributed by atoms with Crippen LogP contribution in [0.4, 0.5) is 10.5 Å². The quantitative estimate of drug-likeness (QED) is 0.819. The van der Waals surface area contributed by atoms with Gasteiger partial charge in [0, 0.05) is 6.42 Å². The fraction of sp³-hybridized carbons (Fsp3) is 0.222. The molecule has 0 aliphatic heterocycles. The lowest BCUT2D eigenvalue weighted by Crippen LogP contribution is -2.40. The first kappa shape index (κ1) is 17.3. The van der Waals surface area contributed by atoms with Gasteiger partial charge in [0.1, 0.15) is 6.04 Å². The lowest BCUT2D eigenvalue weighted by Gasteiger charge is -2.12. The number of amides is 2. The molecule has 0 aromatic heterocycles. The number of nitrogens with one attached hydrogen (secondary N) is 1. The molecule has 0 radical (unpaired) electrons. The second-order valence-electron chi connectivity index (χ2n) is 5.52. The first-order valence-corrected chi connectivity index (χ1v) is 7.52. The van der Waals surface area contributed by atoms with Gasteiger partial charge in [-0.3, -0.25) is 0 Å². The Balaban J connectivity index is 2.04. The monoisotopic (exact) mass is 325 g/mol. The SMILES string of the molecule is Cc1ccc(C)c(N=NC(=O)NC(Cc2ccccc2)C(=O)O)c1. The van der Waals surface area contributed by atoms with Gasteiger partial charge in [-0.15, -0.1) is 5.11 Å². The number of hydrogen-bond acceptors (Lipinski definition) is 3. The van der Waals surface area contributed by atoms with Gasteiger partial charge < -0.3 is 10.4 Å². The molecule has 2 amide bonds. The lowest BCUT2D eigenvalue weighted by atomic mass is 10.1. The van der Waals surface area contributed by atoms with E-state index in [1.54, 1.807) is 12.1 Å². The van der Waals surface area contributed by atoms with Crippen molar-refractivity contribution in [1.82, 2.24) is 5.32 Å². The van der Waals surface area contributed by atoms with Crippen molar-refractivity contribution >= 4 is 17.7 Å². The van der Waals surface area contributed by atoms with E-state index in [0.717, 1.165) is 16.7 Å². The number of hydrogen-bond donors (Lipinski definition) is 2. The molecule has 1 unspecified atom stereocenters. The third-order valence-electron chi connectivity index (χ3n) is 3.49. The van der Waals surface area contributed by atoms with E-state index in [1.807, 2.05) is 50.2 Å². The predicted octanol–water partition coefficient (Wildman–Crippen LogP) is 3.79. The maximum atomic E-state index is 11.9. The fourth-order valence-corrected chi connectivity index (χ4v) is 2.15. The van der Waals surface area contributed by atoms with E-state index in [9.17, 15) is 14.7 Å². The number of carbonyl (C=O) groups excluding carboxylic acids is 1. The number of carboxylic acid groups (broad SMARTS) is 1. The number of aliphatic carboxylic acids is 1. The molecule has 0 bridgehead atoms. The van der Waals surface area contributed by atoms with Crippen molar-refractivity contribution in [1.29, 1.82) is 0 Å². The zero-order valence-corrected chi connectivity index (χ0v) is 13.6. The van der Waals surface area contributed by atoms with Gasteiger partial charge in [-0.1, -0.05) is 47.6 Å². The smallest absolute Gasteiger partial charge is 0.360 e. The van der Waals surface area contributed by atoms with Crippen molar-refractivity contribution in [2.75, 3.05) is 0 Å². The molecule has 0 aliphatic rings. The van der Waals surface area contributed by atoms with Crippen molar-refractivity contribution < 1.29 is 14.7 Å². The lowest BCUT2D eigenvalue weighted by molar-refractivity contribution is -0.139. The van der Waals surface area contributed by atoms with Gasteiger partial charge in [0.05, 0.1) is 5.69 Å². The van der Waals surface area contributed by atoms with Crippen molar-refractivity contribution in [2.45, 2.75) is 26.3 Å². The summed E-state index contributed by atoms with van der Waals surface area (Å²) in [6.45, 7) is 3.78. The highest BCUT2D eigenvalue weighted by Crippen LogP contribution is 2.20. The van der Waals surface area contributed by atoms with Gasteiger partial charge in [-0.05, 0) is 36.6 Å². The summed E-state index contributed by atoms with van der Waals surface area (Å²) in [6.07, 6.45) is 0.181. The van der Waals surface area contributed by atoms with Gasteiger partial charge in [0.15, 0.2) is 0 Å². The summed E-state index contributed by atoms with van der Waals surface area (Å²) in [7, 11) is 0.